The first-order valence-electron chi connectivity index (χ1n) is 7.08. The number of rotatable bonds is 3. The van der Waals surface area contributed by atoms with Crippen LogP contribution < -0.4 is 0 Å². The Bertz CT molecular complexity index is 686. The van der Waals surface area contributed by atoms with E-state index in [2.05, 4.69) is 37.1 Å². The predicted molar refractivity (Wildman–Crippen MR) is 82.9 cm³/mol. The molecular weight excluding hydrogens is 264 g/mol. The summed E-state index contributed by atoms with van der Waals surface area (Å²) in [5, 5.41) is 4.63. The molecule has 0 aliphatic carbocycles. The minimum atomic E-state index is -0.311. The van der Waals surface area contributed by atoms with Crippen LogP contribution in [0.15, 0.2) is 18.2 Å². The topological polar surface area (TPSA) is 44.1 Å². The number of benzene rings is 1. The van der Waals surface area contributed by atoms with E-state index in [1.54, 1.807) is 0 Å². The quantitative estimate of drug-likeness (QED) is 0.812. The van der Waals surface area contributed by atoms with E-state index in [1.807, 2.05) is 25.5 Å². The van der Waals surface area contributed by atoms with Crippen LogP contribution in [0.3, 0.4) is 0 Å². The lowest BCUT2D eigenvalue weighted by molar-refractivity contribution is -0.142. The largest absolute Gasteiger partial charge is 0.469 e. The second-order valence-corrected chi connectivity index (χ2v) is 5.53. The Balaban J connectivity index is 2.58. The van der Waals surface area contributed by atoms with Gasteiger partial charge in [0.15, 0.2) is 0 Å². The number of hydrogen-bond donors (Lipinski definition) is 0. The van der Waals surface area contributed by atoms with Gasteiger partial charge in [-0.15, -0.1) is 0 Å². The van der Waals surface area contributed by atoms with Crippen molar-refractivity contribution in [2.75, 3.05) is 7.11 Å². The summed E-state index contributed by atoms with van der Waals surface area (Å²) in [4.78, 5) is 11.8. The number of ether oxygens (including phenoxy) is 1. The third-order valence-corrected chi connectivity index (χ3v) is 3.93. The van der Waals surface area contributed by atoms with E-state index in [4.69, 9.17) is 4.74 Å². The lowest BCUT2D eigenvalue weighted by Crippen LogP contribution is -2.12. The van der Waals surface area contributed by atoms with Gasteiger partial charge in [0.2, 0.25) is 0 Å². The first kappa shape index (κ1) is 15.3. The highest BCUT2D eigenvalue weighted by molar-refractivity contribution is 5.78. The summed E-state index contributed by atoms with van der Waals surface area (Å²) >= 11 is 0. The van der Waals surface area contributed by atoms with Crippen molar-refractivity contribution >= 4 is 5.97 Å². The first-order chi connectivity index (χ1) is 9.86. The maximum Gasteiger partial charge on any atom is 0.312 e. The number of esters is 1. The minimum Gasteiger partial charge on any atom is -0.469 e. The molecule has 0 bridgehead atoms. The summed E-state index contributed by atoms with van der Waals surface area (Å²) < 4.78 is 6.78. The van der Waals surface area contributed by atoms with Crippen LogP contribution in [0.25, 0.3) is 5.69 Å². The van der Waals surface area contributed by atoms with Crippen molar-refractivity contribution in [3.63, 3.8) is 0 Å². The lowest BCUT2D eigenvalue weighted by atomic mass is 9.99. The number of carbonyl (C=O) groups excluding carboxylic acids is 1. The fourth-order valence-electron chi connectivity index (χ4n) is 2.76. The number of aromatic nitrogens is 2. The predicted octanol–water partition coefficient (Wildman–Crippen LogP) is 3.38. The molecule has 21 heavy (non-hydrogen) atoms. The van der Waals surface area contributed by atoms with Crippen LogP contribution in [-0.2, 0) is 9.53 Å². The van der Waals surface area contributed by atoms with Crippen LogP contribution in [0, 0.1) is 27.7 Å². The Kier molecular flexibility index (Phi) is 4.16. The zero-order chi connectivity index (χ0) is 15.7. The van der Waals surface area contributed by atoms with E-state index in [-0.39, 0.29) is 11.9 Å². The van der Waals surface area contributed by atoms with Crippen LogP contribution >= 0.6 is 0 Å². The second kappa shape index (κ2) is 5.72. The molecule has 1 aromatic carbocycles. The van der Waals surface area contributed by atoms with Crippen LogP contribution in [0.5, 0.6) is 0 Å². The van der Waals surface area contributed by atoms with Gasteiger partial charge in [0.25, 0.3) is 0 Å². The van der Waals surface area contributed by atoms with Crippen LogP contribution in [0.1, 0.15) is 40.9 Å². The molecule has 0 radical (unpaired) electrons. The van der Waals surface area contributed by atoms with Gasteiger partial charge in [0.1, 0.15) is 0 Å². The summed E-state index contributed by atoms with van der Waals surface area (Å²) in [5.74, 6) is -0.546. The summed E-state index contributed by atoms with van der Waals surface area (Å²) in [6, 6.07) is 6.29. The molecule has 0 N–H and O–H groups in total. The number of methoxy groups -OCH3 is 1. The van der Waals surface area contributed by atoms with E-state index >= 15 is 0 Å². The highest BCUT2D eigenvalue weighted by Crippen LogP contribution is 2.27. The minimum absolute atomic E-state index is 0.235. The van der Waals surface area contributed by atoms with Crippen molar-refractivity contribution in [2.24, 2.45) is 0 Å². The summed E-state index contributed by atoms with van der Waals surface area (Å²) in [7, 11) is 1.42. The highest BCUT2D eigenvalue weighted by atomic mass is 16.5. The van der Waals surface area contributed by atoms with Crippen molar-refractivity contribution in [3.05, 3.63) is 46.3 Å². The van der Waals surface area contributed by atoms with Crippen LogP contribution in [0.4, 0.5) is 0 Å². The smallest absolute Gasteiger partial charge is 0.312 e. The molecule has 2 aromatic rings. The SMILES string of the molecule is COC(=O)C(C)c1c(C)nn(-c2cc(C)ccc2C)c1C. The normalized spacial score (nSPS) is 12.3. The maximum absolute atomic E-state index is 11.8. The van der Waals surface area contributed by atoms with Gasteiger partial charge in [0, 0.05) is 11.3 Å². The van der Waals surface area contributed by atoms with Crippen molar-refractivity contribution in [1.82, 2.24) is 9.78 Å². The number of carbonyl (C=O) groups is 1. The Labute approximate surface area is 125 Å². The van der Waals surface area contributed by atoms with Gasteiger partial charge in [-0.3, -0.25) is 4.79 Å². The van der Waals surface area contributed by atoms with Crippen molar-refractivity contribution < 1.29 is 9.53 Å². The molecular formula is C17H22N2O2. The summed E-state index contributed by atoms with van der Waals surface area (Å²) in [5.41, 5.74) is 6.20. The van der Waals surface area contributed by atoms with Gasteiger partial charge in [0.05, 0.1) is 24.4 Å². The Morgan fingerprint density at radius 3 is 2.52 bits per heavy atom. The Morgan fingerprint density at radius 1 is 1.24 bits per heavy atom. The third-order valence-electron chi connectivity index (χ3n) is 3.93. The Morgan fingerprint density at radius 2 is 1.90 bits per heavy atom. The number of nitrogens with zero attached hydrogens (tertiary/aromatic N) is 2. The average Bonchev–Trinajstić information content (AvgIpc) is 2.75. The van der Waals surface area contributed by atoms with Gasteiger partial charge < -0.3 is 4.74 Å². The van der Waals surface area contributed by atoms with Gasteiger partial charge in [-0.25, -0.2) is 4.68 Å². The number of hydrogen-bond acceptors (Lipinski definition) is 3. The molecule has 0 aliphatic rings. The fourth-order valence-corrected chi connectivity index (χ4v) is 2.76. The fraction of sp³-hybridized carbons (Fsp3) is 0.412. The van der Waals surface area contributed by atoms with E-state index in [0.717, 1.165) is 28.2 Å². The maximum atomic E-state index is 11.8. The molecule has 2 rings (SSSR count). The van der Waals surface area contributed by atoms with Gasteiger partial charge in [-0.05, 0) is 51.8 Å². The third kappa shape index (κ3) is 2.71. The molecule has 0 aliphatic heterocycles. The average molecular weight is 286 g/mol. The molecule has 0 fully saturated rings. The second-order valence-electron chi connectivity index (χ2n) is 5.53. The molecule has 112 valence electrons. The molecule has 0 spiro atoms. The van der Waals surface area contributed by atoms with E-state index in [1.165, 1.54) is 12.7 Å². The monoisotopic (exact) mass is 286 g/mol. The van der Waals surface area contributed by atoms with Gasteiger partial charge in [-0.1, -0.05) is 12.1 Å². The summed E-state index contributed by atoms with van der Waals surface area (Å²) in [6.07, 6.45) is 0. The van der Waals surface area contributed by atoms with Crippen molar-refractivity contribution in [2.45, 2.75) is 40.5 Å². The summed E-state index contributed by atoms with van der Waals surface area (Å²) in [6.45, 7) is 9.91. The van der Waals surface area contributed by atoms with E-state index < -0.39 is 0 Å². The zero-order valence-corrected chi connectivity index (χ0v) is 13.5. The lowest BCUT2D eigenvalue weighted by Gasteiger charge is -2.12. The molecule has 4 nitrogen and oxygen atoms in total. The van der Waals surface area contributed by atoms with Gasteiger partial charge in [-0.2, -0.15) is 5.10 Å². The molecule has 4 heteroatoms. The van der Waals surface area contributed by atoms with E-state index in [0.29, 0.717) is 0 Å². The molecule has 1 heterocycles. The van der Waals surface area contributed by atoms with Crippen molar-refractivity contribution in [1.29, 1.82) is 0 Å². The van der Waals surface area contributed by atoms with Gasteiger partial charge >= 0.3 is 5.97 Å². The van der Waals surface area contributed by atoms with Crippen LogP contribution in [-0.4, -0.2) is 22.9 Å². The molecule has 0 amide bonds. The van der Waals surface area contributed by atoms with Crippen molar-refractivity contribution in [3.8, 4) is 5.69 Å². The highest BCUT2D eigenvalue weighted by Gasteiger charge is 2.24. The molecule has 1 unspecified atom stereocenters. The Hall–Kier alpha value is -2.10. The standard InChI is InChI=1S/C17H22N2O2/c1-10-7-8-11(2)15(9-10)19-14(5)16(13(4)18-19)12(3)17(20)21-6/h7-9,12H,1-6H3. The molecule has 1 aromatic heterocycles. The number of aryl methyl sites for hydroxylation is 3. The van der Waals surface area contributed by atoms with E-state index in [9.17, 15) is 4.79 Å². The van der Waals surface area contributed by atoms with Crippen LogP contribution in [0.2, 0.25) is 0 Å². The zero-order valence-electron chi connectivity index (χ0n) is 13.5. The molecule has 0 saturated carbocycles. The molecule has 1 atom stereocenters. The first-order valence-corrected chi connectivity index (χ1v) is 7.08. The molecule has 0 saturated heterocycles.